The first-order valence-electron chi connectivity index (χ1n) is 12.4. The van der Waals surface area contributed by atoms with Gasteiger partial charge in [0.15, 0.2) is 11.6 Å². The maximum absolute atomic E-state index is 13.2. The van der Waals surface area contributed by atoms with Crippen LogP contribution in [0.4, 0.5) is 5.69 Å². The monoisotopic (exact) mass is 451 g/mol. The van der Waals surface area contributed by atoms with Crippen molar-refractivity contribution in [2.45, 2.75) is 77.2 Å². The van der Waals surface area contributed by atoms with Crippen molar-refractivity contribution in [3.63, 3.8) is 0 Å². The zero-order chi connectivity index (χ0) is 23.6. The maximum Gasteiger partial charge on any atom is 0.198 e. The van der Waals surface area contributed by atoms with Crippen molar-refractivity contribution in [2.75, 3.05) is 19.0 Å². The lowest BCUT2D eigenvalue weighted by Crippen LogP contribution is -2.24. The molecule has 178 valence electrons. The normalized spacial score (nSPS) is 13.4. The van der Waals surface area contributed by atoms with Crippen LogP contribution in [-0.2, 0) is 0 Å². The Bertz CT molecular complexity index is 953. The molecule has 33 heavy (non-hydrogen) atoms. The summed E-state index contributed by atoms with van der Waals surface area (Å²) >= 11 is 0. The number of carbonyl (C=O) groups is 2. The Hall–Kier alpha value is -2.66. The van der Waals surface area contributed by atoms with Gasteiger partial charge in [0, 0.05) is 23.4 Å². The van der Waals surface area contributed by atoms with E-state index in [4.69, 9.17) is 4.74 Å². The number of hydrogen-bond donors (Lipinski definition) is 2. The molecule has 0 saturated carbocycles. The fraction of sp³-hybridized carbons (Fsp3) is 0.500. The SMILES string of the molecule is CCCCCCCCCCC(O)CCNc1ccc(OC)c2c1C(=O)c1ccccc1C2=O. The molecular weight excluding hydrogens is 414 g/mol. The van der Waals surface area contributed by atoms with Crippen LogP contribution >= 0.6 is 0 Å². The summed E-state index contributed by atoms with van der Waals surface area (Å²) in [7, 11) is 1.50. The molecule has 1 unspecified atom stereocenters. The van der Waals surface area contributed by atoms with Gasteiger partial charge < -0.3 is 15.2 Å². The molecule has 5 heteroatoms. The number of methoxy groups -OCH3 is 1. The predicted molar refractivity (Wildman–Crippen MR) is 133 cm³/mol. The number of fused-ring (bicyclic) bond motifs is 2. The zero-order valence-electron chi connectivity index (χ0n) is 20.0. The Morgan fingerprint density at radius 2 is 1.42 bits per heavy atom. The van der Waals surface area contributed by atoms with E-state index in [1.54, 1.807) is 36.4 Å². The van der Waals surface area contributed by atoms with Gasteiger partial charge in [-0.25, -0.2) is 0 Å². The third kappa shape index (κ3) is 6.23. The van der Waals surface area contributed by atoms with Crippen molar-refractivity contribution in [1.29, 1.82) is 0 Å². The fourth-order valence-electron chi connectivity index (χ4n) is 4.54. The molecule has 2 aromatic rings. The molecule has 3 rings (SSSR count). The van der Waals surface area contributed by atoms with Gasteiger partial charge >= 0.3 is 0 Å². The molecular formula is C28H37NO4. The molecule has 0 fully saturated rings. The fourth-order valence-corrected chi connectivity index (χ4v) is 4.54. The van der Waals surface area contributed by atoms with Gasteiger partial charge in [-0.2, -0.15) is 0 Å². The molecule has 1 aliphatic rings. The number of anilines is 1. The summed E-state index contributed by atoms with van der Waals surface area (Å²) in [4.78, 5) is 26.3. The third-order valence-electron chi connectivity index (χ3n) is 6.44. The molecule has 2 N–H and O–H groups in total. The largest absolute Gasteiger partial charge is 0.496 e. The first-order valence-corrected chi connectivity index (χ1v) is 12.4. The molecule has 1 atom stereocenters. The van der Waals surface area contributed by atoms with Crippen molar-refractivity contribution < 1.29 is 19.4 Å². The molecule has 5 nitrogen and oxygen atoms in total. The Labute approximate surface area is 197 Å². The topological polar surface area (TPSA) is 75.6 Å². The molecule has 0 saturated heterocycles. The Morgan fingerprint density at radius 1 is 0.818 bits per heavy atom. The van der Waals surface area contributed by atoms with E-state index >= 15 is 0 Å². The summed E-state index contributed by atoms with van der Waals surface area (Å²) in [6, 6.07) is 10.4. The highest BCUT2D eigenvalue weighted by Gasteiger charge is 2.34. The van der Waals surface area contributed by atoms with Crippen LogP contribution in [0, 0.1) is 0 Å². The minimum atomic E-state index is -0.371. The van der Waals surface area contributed by atoms with Crippen molar-refractivity contribution in [1.82, 2.24) is 0 Å². The first kappa shape index (κ1) is 25.0. The Balaban J connectivity index is 1.54. The van der Waals surface area contributed by atoms with Gasteiger partial charge in [0.05, 0.1) is 24.3 Å². The lowest BCUT2D eigenvalue weighted by atomic mass is 9.82. The molecule has 0 amide bonds. The number of aliphatic hydroxyl groups excluding tert-OH is 1. The average molecular weight is 452 g/mol. The van der Waals surface area contributed by atoms with E-state index in [1.165, 1.54) is 52.1 Å². The van der Waals surface area contributed by atoms with E-state index < -0.39 is 0 Å². The third-order valence-corrected chi connectivity index (χ3v) is 6.44. The number of ether oxygens (including phenoxy) is 1. The van der Waals surface area contributed by atoms with Gasteiger partial charge in [0.2, 0.25) is 0 Å². The smallest absolute Gasteiger partial charge is 0.198 e. The number of nitrogens with one attached hydrogen (secondary N) is 1. The van der Waals surface area contributed by atoms with E-state index in [1.807, 2.05) is 0 Å². The lowest BCUT2D eigenvalue weighted by molar-refractivity contribution is 0.0977. The van der Waals surface area contributed by atoms with Crippen LogP contribution in [0.15, 0.2) is 36.4 Å². The van der Waals surface area contributed by atoms with Crippen molar-refractivity contribution in [3.05, 3.63) is 58.7 Å². The highest BCUT2D eigenvalue weighted by Crippen LogP contribution is 2.37. The standard InChI is InChI=1S/C28H37NO4/c1-3-4-5-6-7-8-9-10-13-20(30)18-19-29-23-16-17-24(33-2)26-25(23)27(31)21-14-11-12-15-22(21)28(26)32/h11-12,14-17,20,29-30H,3-10,13,18-19H2,1-2H3. The Kier molecular flexibility index (Phi) is 9.49. The van der Waals surface area contributed by atoms with Gasteiger partial charge in [-0.1, -0.05) is 82.6 Å². The highest BCUT2D eigenvalue weighted by atomic mass is 16.5. The molecule has 0 heterocycles. The summed E-state index contributed by atoms with van der Waals surface area (Å²) < 4.78 is 5.39. The highest BCUT2D eigenvalue weighted by molar-refractivity contribution is 6.31. The maximum atomic E-state index is 13.2. The molecule has 0 aromatic heterocycles. The molecule has 1 aliphatic carbocycles. The minimum absolute atomic E-state index is 0.180. The molecule has 0 bridgehead atoms. The van der Waals surface area contributed by atoms with Crippen LogP contribution in [0.1, 0.15) is 103 Å². The summed E-state index contributed by atoms with van der Waals surface area (Å²) in [5, 5.41) is 13.6. The second-order valence-electron chi connectivity index (χ2n) is 8.90. The van der Waals surface area contributed by atoms with Crippen LogP contribution in [0.2, 0.25) is 0 Å². The Morgan fingerprint density at radius 3 is 2.06 bits per heavy atom. The van der Waals surface area contributed by atoms with E-state index in [0.717, 1.165) is 12.8 Å². The summed E-state index contributed by atoms with van der Waals surface area (Å²) in [5.41, 5.74) is 2.10. The van der Waals surface area contributed by atoms with Gasteiger partial charge in [0.25, 0.3) is 0 Å². The zero-order valence-corrected chi connectivity index (χ0v) is 20.0. The second-order valence-corrected chi connectivity index (χ2v) is 8.90. The van der Waals surface area contributed by atoms with Gasteiger partial charge in [0.1, 0.15) is 5.75 Å². The van der Waals surface area contributed by atoms with Crippen LogP contribution in [0.3, 0.4) is 0 Å². The van der Waals surface area contributed by atoms with E-state index in [2.05, 4.69) is 12.2 Å². The number of hydrogen-bond acceptors (Lipinski definition) is 5. The van der Waals surface area contributed by atoms with E-state index in [0.29, 0.717) is 46.7 Å². The molecule has 0 radical (unpaired) electrons. The quantitative estimate of drug-likeness (QED) is 0.287. The number of ketones is 2. The minimum Gasteiger partial charge on any atom is -0.496 e. The predicted octanol–water partition coefficient (Wildman–Crippen LogP) is 6.16. The van der Waals surface area contributed by atoms with Crippen molar-refractivity contribution >= 4 is 17.3 Å². The number of carbonyl (C=O) groups excluding carboxylic acids is 2. The number of rotatable bonds is 14. The summed E-state index contributed by atoms with van der Waals surface area (Å²) in [6.45, 7) is 2.76. The average Bonchev–Trinajstić information content (AvgIpc) is 2.83. The first-order chi connectivity index (χ1) is 16.1. The van der Waals surface area contributed by atoms with Gasteiger partial charge in [-0.3, -0.25) is 9.59 Å². The number of benzene rings is 2. The molecule has 0 spiro atoms. The lowest BCUT2D eigenvalue weighted by Gasteiger charge is -2.23. The van der Waals surface area contributed by atoms with Crippen molar-refractivity contribution in [3.8, 4) is 5.75 Å². The van der Waals surface area contributed by atoms with Crippen molar-refractivity contribution in [2.24, 2.45) is 0 Å². The van der Waals surface area contributed by atoms with Gasteiger partial charge in [-0.05, 0) is 25.0 Å². The van der Waals surface area contributed by atoms with Crippen LogP contribution < -0.4 is 10.1 Å². The second kappa shape index (κ2) is 12.5. The molecule has 2 aromatic carbocycles. The van der Waals surface area contributed by atoms with Crippen LogP contribution in [-0.4, -0.2) is 36.4 Å². The number of unbranched alkanes of at least 4 members (excludes halogenated alkanes) is 7. The number of aliphatic hydroxyl groups is 1. The van der Waals surface area contributed by atoms with E-state index in [9.17, 15) is 14.7 Å². The van der Waals surface area contributed by atoms with Crippen LogP contribution in [0.5, 0.6) is 5.75 Å². The van der Waals surface area contributed by atoms with Crippen LogP contribution in [0.25, 0.3) is 0 Å². The van der Waals surface area contributed by atoms with E-state index in [-0.39, 0.29) is 17.7 Å². The van der Waals surface area contributed by atoms with Gasteiger partial charge in [-0.15, -0.1) is 0 Å². The summed E-state index contributed by atoms with van der Waals surface area (Å²) in [5.74, 6) is 0.0228. The molecule has 0 aliphatic heterocycles. The summed E-state index contributed by atoms with van der Waals surface area (Å²) in [6.07, 6.45) is 11.0.